The highest BCUT2D eigenvalue weighted by molar-refractivity contribution is 5.80. The molecule has 0 aromatic heterocycles. The summed E-state index contributed by atoms with van der Waals surface area (Å²) >= 11 is 0. The van der Waals surface area contributed by atoms with Crippen LogP contribution in [0.5, 0.6) is 0 Å². The van der Waals surface area contributed by atoms with Crippen molar-refractivity contribution in [2.45, 2.75) is 205 Å². The predicted octanol–water partition coefficient (Wildman–Crippen LogP) is 7.73. The maximum absolute atomic E-state index is 12.3. The Morgan fingerprint density at radius 1 is 0.525 bits per heavy atom. The van der Waals surface area contributed by atoms with E-state index in [0.717, 1.165) is 38.5 Å². The summed E-state index contributed by atoms with van der Waals surface area (Å²) in [7, 11) is 0. The van der Waals surface area contributed by atoms with Crippen LogP contribution in [0.4, 0.5) is 0 Å². The molecule has 5 N–H and O–H groups in total. The van der Waals surface area contributed by atoms with E-state index in [-0.39, 0.29) is 0 Å². The predicted molar refractivity (Wildman–Crippen MR) is 168 cm³/mol. The Morgan fingerprint density at radius 3 is 1.20 bits per heavy atom. The minimum Gasteiger partial charge on any atom is -0.394 e. The highest BCUT2D eigenvalue weighted by Gasteiger charge is 2.28. The molecule has 0 saturated heterocycles. The van der Waals surface area contributed by atoms with E-state index in [0.29, 0.717) is 12.8 Å². The number of aliphatic hydroxyl groups excluding tert-OH is 4. The first-order valence-corrected chi connectivity index (χ1v) is 17.4. The molecular weight excluding hydrogens is 502 g/mol. The van der Waals surface area contributed by atoms with Gasteiger partial charge in [0, 0.05) is 0 Å². The second kappa shape index (κ2) is 29.8. The van der Waals surface area contributed by atoms with E-state index in [1.807, 2.05) is 0 Å². The summed E-state index contributed by atoms with van der Waals surface area (Å²) in [6.07, 6.45) is 27.2. The van der Waals surface area contributed by atoms with Crippen LogP contribution in [-0.4, -0.2) is 57.3 Å². The van der Waals surface area contributed by atoms with Crippen molar-refractivity contribution in [3.8, 4) is 0 Å². The molecular formula is C34H69NO5. The van der Waals surface area contributed by atoms with Gasteiger partial charge in [-0.2, -0.15) is 0 Å². The molecule has 0 radical (unpaired) electrons. The number of unbranched alkanes of at least 4 members (excludes halogenated alkanes) is 22. The van der Waals surface area contributed by atoms with Gasteiger partial charge in [0.05, 0.1) is 18.8 Å². The highest BCUT2D eigenvalue weighted by atomic mass is 16.3. The maximum atomic E-state index is 12.3. The van der Waals surface area contributed by atoms with Gasteiger partial charge in [0.2, 0.25) is 5.91 Å². The van der Waals surface area contributed by atoms with Gasteiger partial charge in [0.1, 0.15) is 12.2 Å². The molecule has 0 heterocycles. The van der Waals surface area contributed by atoms with E-state index < -0.39 is 36.9 Å². The fraction of sp³-hybridized carbons (Fsp3) is 0.971. The Kier molecular flexibility index (Phi) is 29.3. The Morgan fingerprint density at radius 2 is 0.850 bits per heavy atom. The molecule has 240 valence electrons. The van der Waals surface area contributed by atoms with Crippen molar-refractivity contribution in [3.05, 3.63) is 0 Å². The van der Waals surface area contributed by atoms with E-state index in [1.165, 1.54) is 116 Å². The number of hydrogen-bond donors (Lipinski definition) is 5. The molecule has 6 heteroatoms. The van der Waals surface area contributed by atoms with Crippen molar-refractivity contribution in [3.63, 3.8) is 0 Å². The van der Waals surface area contributed by atoms with Gasteiger partial charge in [-0.05, 0) is 12.8 Å². The highest BCUT2D eigenvalue weighted by Crippen LogP contribution is 2.16. The van der Waals surface area contributed by atoms with E-state index in [4.69, 9.17) is 0 Å². The third kappa shape index (κ3) is 24.0. The van der Waals surface area contributed by atoms with Crippen molar-refractivity contribution >= 4 is 5.91 Å². The standard InChI is InChI=1S/C34H69NO5/c1-3-5-7-9-11-12-13-14-15-16-17-18-19-20-21-22-24-26-28-32(38)34(40)35-30(29-36)33(39)31(37)27-25-23-10-8-6-4-2/h30-33,36-39H,3-29H2,1-2H3,(H,35,40). The lowest BCUT2D eigenvalue weighted by atomic mass is 9.99. The van der Waals surface area contributed by atoms with Gasteiger partial charge in [0.25, 0.3) is 0 Å². The molecule has 0 bridgehead atoms. The van der Waals surface area contributed by atoms with Crippen molar-refractivity contribution in [2.24, 2.45) is 0 Å². The molecule has 0 fully saturated rings. The molecule has 0 rings (SSSR count). The zero-order valence-corrected chi connectivity index (χ0v) is 26.6. The molecule has 0 aromatic carbocycles. The van der Waals surface area contributed by atoms with Crippen LogP contribution in [0.1, 0.15) is 181 Å². The summed E-state index contributed by atoms with van der Waals surface area (Å²) in [6.45, 7) is 3.96. The molecule has 0 aromatic rings. The summed E-state index contributed by atoms with van der Waals surface area (Å²) < 4.78 is 0. The number of carbonyl (C=O) groups is 1. The molecule has 0 saturated carbocycles. The van der Waals surface area contributed by atoms with Crippen LogP contribution in [-0.2, 0) is 4.79 Å². The van der Waals surface area contributed by atoms with Gasteiger partial charge in [-0.1, -0.05) is 168 Å². The second-order valence-corrected chi connectivity index (χ2v) is 12.2. The van der Waals surface area contributed by atoms with Gasteiger partial charge in [0.15, 0.2) is 0 Å². The van der Waals surface area contributed by atoms with Crippen molar-refractivity contribution in [2.75, 3.05) is 6.61 Å². The lowest BCUT2D eigenvalue weighted by Gasteiger charge is -2.27. The molecule has 6 nitrogen and oxygen atoms in total. The van der Waals surface area contributed by atoms with Crippen LogP contribution < -0.4 is 5.32 Å². The first kappa shape index (κ1) is 39.3. The van der Waals surface area contributed by atoms with Crippen LogP contribution in [0.2, 0.25) is 0 Å². The molecule has 4 atom stereocenters. The Bertz CT molecular complexity index is 532. The minimum atomic E-state index is -1.25. The molecule has 1 amide bonds. The van der Waals surface area contributed by atoms with Gasteiger partial charge < -0.3 is 25.7 Å². The lowest BCUT2D eigenvalue weighted by Crippen LogP contribution is -2.53. The molecule has 0 spiro atoms. The Balaban J connectivity index is 3.70. The van der Waals surface area contributed by atoms with E-state index >= 15 is 0 Å². The Hall–Kier alpha value is -0.690. The molecule has 40 heavy (non-hydrogen) atoms. The lowest BCUT2D eigenvalue weighted by molar-refractivity contribution is -0.132. The van der Waals surface area contributed by atoms with Crippen LogP contribution >= 0.6 is 0 Å². The monoisotopic (exact) mass is 572 g/mol. The normalized spacial score (nSPS) is 14.7. The van der Waals surface area contributed by atoms with E-state index in [2.05, 4.69) is 19.2 Å². The largest absolute Gasteiger partial charge is 0.394 e. The minimum absolute atomic E-state index is 0.374. The van der Waals surface area contributed by atoms with Crippen LogP contribution in [0.3, 0.4) is 0 Å². The number of amides is 1. The molecule has 4 unspecified atom stereocenters. The first-order valence-electron chi connectivity index (χ1n) is 17.4. The first-order chi connectivity index (χ1) is 19.5. The van der Waals surface area contributed by atoms with Gasteiger partial charge in [-0.25, -0.2) is 0 Å². The fourth-order valence-corrected chi connectivity index (χ4v) is 5.46. The smallest absolute Gasteiger partial charge is 0.249 e. The maximum Gasteiger partial charge on any atom is 0.249 e. The third-order valence-electron chi connectivity index (χ3n) is 8.32. The van der Waals surface area contributed by atoms with Crippen molar-refractivity contribution in [1.82, 2.24) is 5.32 Å². The number of nitrogens with one attached hydrogen (secondary N) is 1. The topological polar surface area (TPSA) is 110 Å². The zero-order chi connectivity index (χ0) is 29.7. The third-order valence-corrected chi connectivity index (χ3v) is 8.32. The van der Waals surface area contributed by atoms with Crippen LogP contribution in [0.25, 0.3) is 0 Å². The van der Waals surface area contributed by atoms with Crippen LogP contribution in [0, 0.1) is 0 Å². The average Bonchev–Trinajstić information content (AvgIpc) is 2.96. The van der Waals surface area contributed by atoms with Gasteiger partial charge in [-0.3, -0.25) is 4.79 Å². The summed E-state index contributed by atoms with van der Waals surface area (Å²) in [4.78, 5) is 12.3. The molecule has 0 aliphatic carbocycles. The zero-order valence-electron chi connectivity index (χ0n) is 26.6. The molecule has 0 aliphatic rings. The quantitative estimate of drug-likeness (QED) is 0.0547. The van der Waals surface area contributed by atoms with Gasteiger partial charge >= 0.3 is 0 Å². The molecule has 0 aliphatic heterocycles. The number of carbonyl (C=O) groups excluding carboxylic acids is 1. The number of rotatable bonds is 31. The van der Waals surface area contributed by atoms with Crippen LogP contribution in [0.15, 0.2) is 0 Å². The Labute approximate surface area is 248 Å². The van der Waals surface area contributed by atoms with Crippen molar-refractivity contribution in [1.29, 1.82) is 0 Å². The number of aliphatic hydroxyl groups is 4. The number of hydrogen-bond acceptors (Lipinski definition) is 5. The fourth-order valence-electron chi connectivity index (χ4n) is 5.46. The van der Waals surface area contributed by atoms with E-state index in [1.54, 1.807) is 0 Å². The summed E-state index contributed by atoms with van der Waals surface area (Å²) in [5.74, 6) is -0.586. The SMILES string of the molecule is CCCCCCCCCCCCCCCCCCCCC(O)C(=O)NC(CO)C(O)C(O)CCCCCCCC. The van der Waals surface area contributed by atoms with Gasteiger partial charge in [-0.15, -0.1) is 0 Å². The summed E-state index contributed by atoms with van der Waals surface area (Å²) in [6, 6.07) is -0.974. The van der Waals surface area contributed by atoms with E-state index in [9.17, 15) is 25.2 Å². The summed E-state index contributed by atoms with van der Waals surface area (Å²) in [5.41, 5.74) is 0. The van der Waals surface area contributed by atoms with Crippen molar-refractivity contribution < 1.29 is 25.2 Å². The average molecular weight is 572 g/mol. The second-order valence-electron chi connectivity index (χ2n) is 12.2. The summed E-state index contributed by atoms with van der Waals surface area (Å²) in [5, 5.41) is 43.0.